The van der Waals surface area contributed by atoms with E-state index < -0.39 is 5.41 Å². The van der Waals surface area contributed by atoms with E-state index in [1.165, 1.54) is 0 Å². The summed E-state index contributed by atoms with van der Waals surface area (Å²) < 4.78 is 28.0. The van der Waals surface area contributed by atoms with Crippen LogP contribution in [0.4, 0.5) is 11.4 Å². The van der Waals surface area contributed by atoms with Crippen LogP contribution in [0.25, 0.3) is 0 Å². The third-order valence-corrected chi connectivity index (χ3v) is 7.80. The van der Waals surface area contributed by atoms with Gasteiger partial charge in [-0.15, -0.1) is 0 Å². The van der Waals surface area contributed by atoms with Gasteiger partial charge < -0.3 is 33.9 Å². The molecular formula is C31H22N2O7. The predicted molar refractivity (Wildman–Crippen MR) is 143 cm³/mol. The van der Waals surface area contributed by atoms with Gasteiger partial charge in [0.25, 0.3) is 5.91 Å². The number of nitrogens with zero attached hydrogens (tertiary/aromatic N) is 1. The molecule has 0 fully saturated rings. The topological polar surface area (TPSA) is 95.6 Å². The van der Waals surface area contributed by atoms with Gasteiger partial charge in [0.15, 0.2) is 23.0 Å². The van der Waals surface area contributed by atoms with E-state index in [0.29, 0.717) is 46.5 Å². The van der Waals surface area contributed by atoms with Gasteiger partial charge in [0.1, 0.15) is 17.8 Å². The molecule has 0 aliphatic carbocycles. The number of anilines is 2. The van der Waals surface area contributed by atoms with Gasteiger partial charge in [0.05, 0.1) is 6.54 Å². The zero-order valence-electron chi connectivity index (χ0n) is 21.1. The molecule has 0 radical (unpaired) electrons. The number of rotatable bonds is 4. The molecule has 2 amide bonds. The molecule has 1 unspecified atom stereocenters. The van der Waals surface area contributed by atoms with E-state index in [0.717, 1.165) is 22.4 Å². The van der Waals surface area contributed by atoms with Crippen molar-refractivity contribution in [2.75, 3.05) is 30.4 Å². The van der Waals surface area contributed by atoms with Gasteiger partial charge in [-0.3, -0.25) is 9.59 Å². The Morgan fingerprint density at radius 2 is 1.52 bits per heavy atom. The van der Waals surface area contributed by atoms with Crippen molar-refractivity contribution in [3.8, 4) is 28.7 Å². The van der Waals surface area contributed by atoms with Crippen LogP contribution < -0.4 is 33.9 Å². The molecule has 198 valence electrons. The van der Waals surface area contributed by atoms with Gasteiger partial charge in [0, 0.05) is 34.6 Å². The lowest BCUT2D eigenvalue weighted by Gasteiger charge is -2.23. The molecule has 0 saturated carbocycles. The van der Waals surface area contributed by atoms with Crippen molar-refractivity contribution >= 4 is 23.2 Å². The summed E-state index contributed by atoms with van der Waals surface area (Å²) in [5, 5.41) is 2.91. The van der Waals surface area contributed by atoms with Crippen molar-refractivity contribution in [1.29, 1.82) is 0 Å². The maximum absolute atomic E-state index is 14.3. The van der Waals surface area contributed by atoms with Crippen molar-refractivity contribution in [2.45, 2.75) is 12.0 Å². The molecule has 9 nitrogen and oxygen atoms in total. The second-order valence-electron chi connectivity index (χ2n) is 10.0. The van der Waals surface area contributed by atoms with E-state index in [2.05, 4.69) is 5.32 Å². The Hall–Kier alpha value is -5.18. The van der Waals surface area contributed by atoms with Crippen molar-refractivity contribution in [3.63, 3.8) is 0 Å². The van der Waals surface area contributed by atoms with Crippen LogP contribution in [0.1, 0.15) is 27.0 Å². The van der Waals surface area contributed by atoms with Gasteiger partial charge in [-0.1, -0.05) is 30.3 Å². The molecule has 1 spiro atoms. The Balaban J connectivity index is 1.10. The molecule has 0 aromatic heterocycles. The summed E-state index contributed by atoms with van der Waals surface area (Å²) in [6.45, 7) is 0.787. The number of fused-ring (bicyclic) bond motifs is 6. The first-order valence-electron chi connectivity index (χ1n) is 12.9. The van der Waals surface area contributed by atoms with Crippen LogP contribution >= 0.6 is 0 Å². The van der Waals surface area contributed by atoms with Gasteiger partial charge >= 0.3 is 0 Å². The molecule has 4 aromatic rings. The maximum Gasteiger partial charge on any atom is 0.255 e. The lowest BCUT2D eigenvalue weighted by Crippen LogP contribution is -2.42. The van der Waals surface area contributed by atoms with E-state index in [9.17, 15) is 9.59 Å². The number of nitrogens with one attached hydrogen (secondary N) is 1. The maximum atomic E-state index is 14.3. The fraction of sp³-hybridized carbons (Fsp3) is 0.161. The summed E-state index contributed by atoms with van der Waals surface area (Å²) in [5.41, 5.74) is 3.39. The zero-order valence-corrected chi connectivity index (χ0v) is 21.1. The SMILES string of the molecule is O=C(Nc1ccc2c(c1)OCO2)c1cccc(CN2C(=O)C3(COc4cc5c(cc43)OCO5)c3ccccc32)c1. The van der Waals surface area contributed by atoms with E-state index in [4.69, 9.17) is 23.7 Å². The third-order valence-electron chi connectivity index (χ3n) is 7.80. The average Bonchev–Trinajstić information content (AvgIpc) is 3.76. The first kappa shape index (κ1) is 22.8. The third kappa shape index (κ3) is 3.27. The van der Waals surface area contributed by atoms with Gasteiger partial charge in [-0.2, -0.15) is 0 Å². The molecular weight excluding hydrogens is 512 g/mol. The second-order valence-corrected chi connectivity index (χ2v) is 10.0. The Kier molecular flexibility index (Phi) is 4.79. The minimum Gasteiger partial charge on any atom is -0.491 e. The van der Waals surface area contributed by atoms with Crippen molar-refractivity contribution in [3.05, 3.63) is 101 Å². The lowest BCUT2D eigenvalue weighted by molar-refractivity contribution is -0.122. The van der Waals surface area contributed by atoms with Crippen molar-refractivity contribution in [1.82, 2.24) is 0 Å². The number of hydrogen-bond acceptors (Lipinski definition) is 7. The van der Waals surface area contributed by atoms with Crippen LogP contribution in [0.15, 0.2) is 78.9 Å². The zero-order chi connectivity index (χ0) is 26.8. The summed E-state index contributed by atoms with van der Waals surface area (Å²) in [7, 11) is 0. The van der Waals surface area contributed by atoms with Crippen LogP contribution in [-0.4, -0.2) is 32.0 Å². The monoisotopic (exact) mass is 534 g/mol. The molecule has 40 heavy (non-hydrogen) atoms. The second kappa shape index (κ2) is 8.41. The van der Waals surface area contributed by atoms with Crippen molar-refractivity contribution in [2.24, 2.45) is 0 Å². The van der Waals surface area contributed by atoms with E-state index in [-0.39, 0.29) is 32.0 Å². The Morgan fingerprint density at radius 3 is 2.40 bits per heavy atom. The van der Waals surface area contributed by atoms with Crippen LogP contribution in [0, 0.1) is 0 Å². The molecule has 1 N–H and O–H groups in total. The average molecular weight is 535 g/mol. The predicted octanol–water partition coefficient (Wildman–Crippen LogP) is 4.62. The number of carbonyl (C=O) groups excluding carboxylic acids is 2. The van der Waals surface area contributed by atoms with Gasteiger partial charge in [0.2, 0.25) is 19.5 Å². The number of amides is 2. The molecule has 0 saturated heterocycles. The fourth-order valence-electron chi connectivity index (χ4n) is 5.89. The van der Waals surface area contributed by atoms with Gasteiger partial charge in [-0.05, 0) is 47.5 Å². The highest BCUT2D eigenvalue weighted by Gasteiger charge is 2.57. The van der Waals surface area contributed by atoms with E-state index >= 15 is 0 Å². The highest BCUT2D eigenvalue weighted by atomic mass is 16.7. The largest absolute Gasteiger partial charge is 0.491 e. The normalized spacial score (nSPS) is 19.0. The number of para-hydroxylation sites is 1. The Labute approximate surface area is 228 Å². The van der Waals surface area contributed by atoms with Crippen LogP contribution in [0.5, 0.6) is 28.7 Å². The number of hydrogen-bond donors (Lipinski definition) is 1. The standard InChI is InChI=1S/C31H22N2O7/c34-29(32-20-8-9-24-26(11-20)38-16-37-24)19-5-3-4-18(10-19)14-33-23-7-2-1-6-21(23)31(30(33)35)15-36-25-13-28-27(12-22(25)31)39-17-40-28/h1-13H,14-17H2,(H,32,34). The van der Waals surface area contributed by atoms with E-state index in [1.807, 2.05) is 42.5 Å². The highest BCUT2D eigenvalue weighted by molar-refractivity contribution is 6.11. The fourth-order valence-corrected chi connectivity index (χ4v) is 5.89. The number of benzene rings is 4. The molecule has 0 bridgehead atoms. The highest BCUT2D eigenvalue weighted by Crippen LogP contribution is 2.55. The quantitative estimate of drug-likeness (QED) is 0.408. The molecule has 4 aromatic carbocycles. The van der Waals surface area contributed by atoms with Crippen LogP contribution in [-0.2, 0) is 16.8 Å². The van der Waals surface area contributed by atoms with Crippen molar-refractivity contribution < 1.29 is 33.3 Å². The Bertz CT molecular complexity index is 1740. The first-order valence-corrected chi connectivity index (χ1v) is 12.9. The molecule has 8 rings (SSSR count). The van der Waals surface area contributed by atoms with Crippen LogP contribution in [0.3, 0.4) is 0 Å². The first-order chi connectivity index (χ1) is 19.6. The number of carbonyl (C=O) groups is 2. The summed E-state index contributed by atoms with van der Waals surface area (Å²) in [5.74, 6) is 2.73. The molecule has 1 atom stereocenters. The van der Waals surface area contributed by atoms with Crippen LogP contribution in [0.2, 0.25) is 0 Å². The number of ether oxygens (including phenoxy) is 5. The van der Waals surface area contributed by atoms with E-state index in [1.54, 1.807) is 41.3 Å². The Morgan fingerprint density at radius 1 is 0.750 bits per heavy atom. The summed E-state index contributed by atoms with van der Waals surface area (Å²) in [6, 6.07) is 24.0. The summed E-state index contributed by atoms with van der Waals surface area (Å²) in [4.78, 5) is 29.1. The lowest BCUT2D eigenvalue weighted by atomic mass is 9.77. The summed E-state index contributed by atoms with van der Waals surface area (Å²) in [6.07, 6.45) is 0. The molecule has 4 aliphatic heterocycles. The smallest absolute Gasteiger partial charge is 0.255 e. The van der Waals surface area contributed by atoms with Gasteiger partial charge in [-0.25, -0.2) is 0 Å². The minimum absolute atomic E-state index is 0.0819. The summed E-state index contributed by atoms with van der Waals surface area (Å²) >= 11 is 0. The molecule has 9 heteroatoms. The molecule has 4 heterocycles. The minimum atomic E-state index is -0.985. The molecule has 4 aliphatic rings.